The molecule has 0 radical (unpaired) electrons. The zero-order chi connectivity index (χ0) is 43.3. The molecule has 8 heteroatoms. The van der Waals surface area contributed by atoms with Gasteiger partial charge in [-0.2, -0.15) is 10.6 Å². The molecule has 0 aromatic carbocycles. The monoisotopic (exact) mass is 858 g/mol. The highest BCUT2D eigenvalue weighted by Crippen LogP contribution is 2.44. The standard InChI is InChI=1S/C51H103NO6S/c1-7-11-15-19-21-26-36-46-55-50(41-31-22-17-13-9-3)58-59(5,6)57-48-38-28-25-33-43-52(44-34-35-45-53)42-32-24-27-37-47-56-51(54)49(39-29-18-14-10-4)40-30-23-20-16-12-8-2/h21,26,49-50,53H,7-20,22-25,27-48H2,1-6H3/b26-21-. The van der Waals surface area contributed by atoms with Crippen LogP contribution in [0.15, 0.2) is 12.2 Å². The lowest BCUT2D eigenvalue weighted by Crippen LogP contribution is -2.27. The van der Waals surface area contributed by atoms with Gasteiger partial charge in [-0.05, 0) is 96.7 Å². The zero-order valence-corrected chi connectivity index (χ0v) is 41.3. The van der Waals surface area contributed by atoms with Crippen LogP contribution in [0.2, 0.25) is 0 Å². The predicted octanol–water partition coefficient (Wildman–Crippen LogP) is 15.2. The second-order valence-electron chi connectivity index (χ2n) is 17.7. The summed E-state index contributed by atoms with van der Waals surface area (Å²) in [6.07, 6.45) is 47.2. The van der Waals surface area contributed by atoms with E-state index in [4.69, 9.17) is 17.8 Å². The van der Waals surface area contributed by atoms with Gasteiger partial charge in [0, 0.05) is 25.5 Å². The number of aliphatic hydroxyl groups is 1. The average molecular weight is 858 g/mol. The summed E-state index contributed by atoms with van der Waals surface area (Å²) in [6, 6.07) is 0. The van der Waals surface area contributed by atoms with Crippen LogP contribution in [-0.2, 0) is 22.6 Å². The van der Waals surface area contributed by atoms with E-state index in [1.807, 2.05) is 0 Å². The van der Waals surface area contributed by atoms with Crippen LogP contribution in [0.4, 0.5) is 0 Å². The SMILES string of the molecule is CCCCC/C=C\CCOC(CCCCCCC)OS(C)(C)OCCCCCCN(CCCCO)CCCCCCOC(=O)C(CCCCCC)CCCCCCCC. The third-order valence-corrected chi connectivity index (χ3v) is 12.9. The van der Waals surface area contributed by atoms with E-state index >= 15 is 0 Å². The van der Waals surface area contributed by atoms with Gasteiger partial charge >= 0.3 is 5.97 Å². The van der Waals surface area contributed by atoms with E-state index in [9.17, 15) is 9.90 Å². The molecule has 0 spiro atoms. The van der Waals surface area contributed by atoms with E-state index in [1.165, 1.54) is 135 Å². The Morgan fingerprint density at radius 1 is 0.525 bits per heavy atom. The Bertz CT molecular complexity index is 888. The smallest absolute Gasteiger partial charge is 0.308 e. The molecule has 2 atom stereocenters. The maximum absolute atomic E-state index is 13.0. The largest absolute Gasteiger partial charge is 0.465 e. The number of nitrogens with zero attached hydrogens (tertiary/aromatic N) is 1. The van der Waals surface area contributed by atoms with E-state index < -0.39 is 10.6 Å². The molecule has 0 heterocycles. The summed E-state index contributed by atoms with van der Waals surface area (Å²) in [7, 11) is -1.64. The summed E-state index contributed by atoms with van der Waals surface area (Å²) in [6.45, 7) is 14.6. The van der Waals surface area contributed by atoms with Crippen molar-refractivity contribution in [2.24, 2.45) is 5.92 Å². The molecule has 0 aliphatic heterocycles. The highest BCUT2D eigenvalue weighted by Gasteiger charge is 2.20. The number of hydrogen-bond acceptors (Lipinski definition) is 7. The van der Waals surface area contributed by atoms with Crippen molar-refractivity contribution < 1.29 is 27.7 Å². The van der Waals surface area contributed by atoms with E-state index in [2.05, 4.69) is 57.3 Å². The second kappa shape index (κ2) is 45.4. The number of hydrogen-bond donors (Lipinski definition) is 1. The Morgan fingerprint density at radius 3 is 1.58 bits per heavy atom. The van der Waals surface area contributed by atoms with Crippen molar-refractivity contribution in [3.8, 4) is 0 Å². The highest BCUT2D eigenvalue weighted by molar-refractivity contribution is 8.24. The molecule has 0 bridgehead atoms. The van der Waals surface area contributed by atoms with Crippen LogP contribution in [0.3, 0.4) is 0 Å². The van der Waals surface area contributed by atoms with Crippen LogP contribution < -0.4 is 0 Å². The van der Waals surface area contributed by atoms with E-state index in [0.29, 0.717) is 13.2 Å². The molecule has 0 aliphatic carbocycles. The molecule has 7 nitrogen and oxygen atoms in total. The number of allylic oxidation sites excluding steroid dienone is 1. The fraction of sp³-hybridized carbons (Fsp3) is 0.941. The minimum absolute atomic E-state index is 0.0593. The number of aliphatic hydroxyl groups excluding tert-OH is 1. The molecule has 0 amide bonds. The predicted molar refractivity (Wildman–Crippen MR) is 258 cm³/mol. The molecule has 0 aromatic rings. The summed E-state index contributed by atoms with van der Waals surface area (Å²) in [4.78, 5) is 15.6. The molecule has 0 rings (SSSR count). The number of esters is 1. The maximum atomic E-state index is 13.0. The quantitative estimate of drug-likeness (QED) is 0.0283. The Kier molecular flexibility index (Phi) is 44.9. The van der Waals surface area contributed by atoms with Gasteiger partial charge in [-0.1, -0.05) is 168 Å². The lowest BCUT2D eigenvalue weighted by molar-refractivity contribution is -0.149. The number of ether oxygens (including phenoxy) is 2. The molecule has 2 unspecified atom stereocenters. The van der Waals surface area contributed by atoms with Gasteiger partial charge in [0.25, 0.3) is 0 Å². The molecular weight excluding hydrogens is 755 g/mol. The lowest BCUT2D eigenvalue weighted by atomic mass is 9.94. The first-order chi connectivity index (χ1) is 28.8. The first-order valence-electron chi connectivity index (χ1n) is 25.7. The van der Waals surface area contributed by atoms with Crippen molar-refractivity contribution in [1.29, 1.82) is 0 Å². The van der Waals surface area contributed by atoms with Crippen LogP contribution >= 0.6 is 10.6 Å². The van der Waals surface area contributed by atoms with Gasteiger partial charge < -0.3 is 19.5 Å². The number of unbranched alkanes of at least 4 members (excludes halogenated alkanes) is 22. The minimum atomic E-state index is -1.64. The molecule has 0 saturated heterocycles. The van der Waals surface area contributed by atoms with Crippen molar-refractivity contribution in [3.63, 3.8) is 0 Å². The van der Waals surface area contributed by atoms with E-state index in [1.54, 1.807) is 0 Å². The number of carbonyl (C=O) groups is 1. The van der Waals surface area contributed by atoms with Crippen LogP contribution in [0.1, 0.15) is 240 Å². The average Bonchev–Trinajstić information content (AvgIpc) is 3.22. The summed E-state index contributed by atoms with van der Waals surface area (Å²) in [5, 5.41) is 9.37. The third kappa shape index (κ3) is 41.2. The van der Waals surface area contributed by atoms with Gasteiger partial charge in [-0.25, -0.2) is 0 Å². The van der Waals surface area contributed by atoms with Crippen molar-refractivity contribution in [3.05, 3.63) is 12.2 Å². The second-order valence-corrected chi connectivity index (χ2v) is 20.4. The molecule has 59 heavy (non-hydrogen) atoms. The molecule has 0 aromatic heterocycles. The number of carbonyl (C=O) groups excluding carboxylic acids is 1. The van der Waals surface area contributed by atoms with Crippen LogP contribution in [0.25, 0.3) is 0 Å². The fourth-order valence-electron chi connectivity index (χ4n) is 7.66. The fourth-order valence-corrected chi connectivity index (χ4v) is 8.90. The van der Waals surface area contributed by atoms with Crippen LogP contribution in [0, 0.1) is 5.92 Å². The van der Waals surface area contributed by atoms with Gasteiger partial charge in [0.1, 0.15) is 0 Å². The summed E-state index contributed by atoms with van der Waals surface area (Å²) in [5.74, 6) is 0.152. The van der Waals surface area contributed by atoms with Gasteiger partial charge in [0.2, 0.25) is 0 Å². The highest BCUT2D eigenvalue weighted by atomic mass is 32.3. The Balaban J connectivity index is 4.48. The van der Waals surface area contributed by atoms with Gasteiger partial charge in [-0.15, -0.1) is 0 Å². The first-order valence-corrected chi connectivity index (χ1v) is 28.0. The Labute approximate surface area is 370 Å². The summed E-state index contributed by atoms with van der Waals surface area (Å²) >= 11 is 0. The Morgan fingerprint density at radius 2 is 0.983 bits per heavy atom. The normalized spacial score (nSPS) is 13.5. The van der Waals surface area contributed by atoms with Gasteiger partial charge in [0.15, 0.2) is 6.29 Å². The number of rotatable bonds is 48. The summed E-state index contributed by atoms with van der Waals surface area (Å²) in [5.41, 5.74) is 0. The lowest BCUT2D eigenvalue weighted by Gasteiger charge is -2.38. The van der Waals surface area contributed by atoms with Crippen molar-refractivity contribution in [2.75, 3.05) is 58.6 Å². The third-order valence-electron chi connectivity index (χ3n) is 11.5. The molecule has 0 saturated carbocycles. The molecule has 354 valence electrons. The van der Waals surface area contributed by atoms with Crippen LogP contribution in [0.5, 0.6) is 0 Å². The van der Waals surface area contributed by atoms with Crippen molar-refractivity contribution in [2.45, 2.75) is 246 Å². The van der Waals surface area contributed by atoms with E-state index in [-0.39, 0.29) is 24.8 Å². The topological polar surface area (TPSA) is 77.5 Å². The molecule has 0 fully saturated rings. The van der Waals surface area contributed by atoms with Gasteiger partial charge in [0.05, 0.1) is 25.7 Å². The zero-order valence-electron chi connectivity index (χ0n) is 40.4. The minimum Gasteiger partial charge on any atom is -0.465 e. The van der Waals surface area contributed by atoms with Crippen molar-refractivity contribution >= 4 is 16.6 Å². The molecule has 0 aliphatic rings. The van der Waals surface area contributed by atoms with Crippen molar-refractivity contribution in [1.82, 2.24) is 4.90 Å². The first kappa shape index (κ1) is 58.4. The van der Waals surface area contributed by atoms with Gasteiger partial charge in [-0.3, -0.25) is 13.2 Å². The summed E-state index contributed by atoms with van der Waals surface area (Å²) < 4.78 is 25.0. The Hall–Kier alpha value is -0.640. The van der Waals surface area contributed by atoms with E-state index in [0.717, 1.165) is 103 Å². The molecule has 1 N–H and O–H groups in total. The maximum Gasteiger partial charge on any atom is 0.308 e. The molecular formula is C51H103NO6S. The van der Waals surface area contributed by atoms with Crippen LogP contribution in [-0.4, -0.2) is 80.8 Å².